The van der Waals surface area contributed by atoms with Crippen LogP contribution >= 0.6 is 0 Å². The van der Waals surface area contributed by atoms with Crippen molar-refractivity contribution in [1.82, 2.24) is 10.6 Å². The van der Waals surface area contributed by atoms with Gasteiger partial charge < -0.3 is 10.6 Å². The summed E-state index contributed by atoms with van der Waals surface area (Å²) in [5.74, 6) is 0. The minimum atomic E-state index is -1.58. The zero-order chi connectivity index (χ0) is 8.48. The van der Waals surface area contributed by atoms with E-state index in [1.165, 1.54) is 0 Å². The van der Waals surface area contributed by atoms with Gasteiger partial charge in [-0.25, -0.2) is 4.79 Å². The molecule has 0 aromatic rings. The van der Waals surface area contributed by atoms with Crippen molar-refractivity contribution < 1.29 is 7.54 Å². The second-order valence-electron chi connectivity index (χ2n) is 2.08. The smallest absolute Gasteiger partial charge is 0.315 e. The van der Waals surface area contributed by atoms with Crippen molar-refractivity contribution in [3.63, 3.8) is 0 Å². The molecule has 1 fully saturated rings. The molecule has 2 amide bonds. The predicted molar refractivity (Wildman–Crippen MR) is 35.2 cm³/mol. The van der Waals surface area contributed by atoms with Crippen LogP contribution in [0, 0.1) is 0 Å². The number of carbonyl (C=O) groups excluding carboxylic acids is 1. The van der Waals surface area contributed by atoms with Crippen LogP contribution in [0.2, 0.25) is 0 Å². The molecule has 9 heavy (non-hydrogen) atoms. The average Bonchev–Trinajstić information content (AvgIpc) is 2.07. The second kappa shape index (κ2) is 2.71. The molecule has 2 N–H and O–H groups in total. The van der Waals surface area contributed by atoms with E-state index in [1.807, 2.05) is 6.92 Å². The van der Waals surface area contributed by atoms with Crippen LogP contribution in [0.4, 0.5) is 4.79 Å². The lowest BCUT2D eigenvalue weighted by molar-refractivity contribution is 0.247. The highest BCUT2D eigenvalue weighted by Gasteiger charge is 2.17. The van der Waals surface area contributed by atoms with E-state index in [0.29, 0.717) is 6.42 Å². The summed E-state index contributed by atoms with van der Waals surface area (Å²) in [4.78, 5) is 10.7. The second-order valence-corrected chi connectivity index (χ2v) is 2.08. The van der Waals surface area contributed by atoms with Gasteiger partial charge in [0, 0.05) is 12.5 Å². The highest BCUT2D eigenvalue weighted by molar-refractivity contribution is 5.76. The molecule has 1 saturated heterocycles. The molecular weight excluding hydrogens is 116 g/mol. The van der Waals surface area contributed by atoms with Crippen LogP contribution in [0.5, 0.6) is 0 Å². The summed E-state index contributed by atoms with van der Waals surface area (Å²) >= 11 is 0. The summed E-state index contributed by atoms with van der Waals surface area (Å²) in [7, 11) is 0. The Morgan fingerprint density at radius 2 is 2.78 bits per heavy atom. The molecule has 3 nitrogen and oxygen atoms in total. The Kier molecular flexibility index (Phi) is 1.25. The molecule has 1 rings (SSSR count). The van der Waals surface area contributed by atoms with Crippen LogP contribution in [0.1, 0.15) is 22.5 Å². The summed E-state index contributed by atoms with van der Waals surface area (Å²) in [6, 6.07) is -0.784. The number of carbonyl (C=O) groups is 1. The van der Waals surface area contributed by atoms with E-state index < -0.39 is 12.5 Å². The molecule has 0 bridgehead atoms. The zero-order valence-corrected chi connectivity index (χ0v) is 5.40. The fourth-order valence-electron chi connectivity index (χ4n) is 0.816. The van der Waals surface area contributed by atoms with E-state index in [-0.39, 0.29) is 6.04 Å². The largest absolute Gasteiger partial charge is 0.336 e. The standard InChI is InChI=1S/C6H12N2O/c1-2-3-5-4-7-6(9)8-5/h5H,2-4H2,1H3,(H2,7,8,9)/i4D2. The molecular formula is C6H12N2O. The molecule has 0 spiro atoms. The molecule has 1 aliphatic heterocycles. The Hall–Kier alpha value is -0.730. The Labute approximate surface area is 57.6 Å². The maximum absolute atomic E-state index is 10.7. The number of amides is 2. The summed E-state index contributed by atoms with van der Waals surface area (Å²) in [6.45, 7) is 0.383. The van der Waals surface area contributed by atoms with Crippen LogP contribution < -0.4 is 10.6 Å². The first-order valence-electron chi connectivity index (χ1n) is 4.15. The van der Waals surface area contributed by atoms with Gasteiger partial charge in [0.25, 0.3) is 0 Å². The van der Waals surface area contributed by atoms with Crippen molar-refractivity contribution in [3.8, 4) is 0 Å². The van der Waals surface area contributed by atoms with Crippen molar-refractivity contribution in [1.29, 1.82) is 0 Å². The first-order valence-corrected chi connectivity index (χ1v) is 3.15. The normalized spacial score (nSPS) is 34.3. The van der Waals surface area contributed by atoms with Gasteiger partial charge in [0.15, 0.2) is 0 Å². The van der Waals surface area contributed by atoms with Crippen LogP contribution in [0.15, 0.2) is 0 Å². The average molecular weight is 130 g/mol. The van der Waals surface area contributed by atoms with Crippen LogP contribution in [-0.4, -0.2) is 18.6 Å². The molecule has 3 heteroatoms. The van der Waals surface area contributed by atoms with Gasteiger partial charge >= 0.3 is 6.03 Å². The monoisotopic (exact) mass is 130 g/mol. The molecule has 1 unspecified atom stereocenters. The minimum absolute atomic E-state index is 0.375. The van der Waals surface area contributed by atoms with Crippen LogP contribution in [0.25, 0.3) is 0 Å². The van der Waals surface area contributed by atoms with Gasteiger partial charge in [-0.2, -0.15) is 0 Å². The highest BCUT2D eigenvalue weighted by Crippen LogP contribution is 1.98. The number of nitrogens with one attached hydrogen (secondary N) is 2. The third kappa shape index (κ3) is 1.59. The third-order valence-electron chi connectivity index (χ3n) is 1.24. The fraction of sp³-hybridized carbons (Fsp3) is 0.833. The molecule has 0 aliphatic carbocycles. The SMILES string of the molecule is [2H]C1([2H])NC(=O)NC1CCC. The van der Waals surface area contributed by atoms with E-state index in [1.54, 1.807) is 0 Å². The van der Waals surface area contributed by atoms with Crippen molar-refractivity contribution in [2.45, 2.75) is 25.8 Å². The maximum atomic E-state index is 10.7. The Morgan fingerprint density at radius 1 is 2.00 bits per heavy atom. The topological polar surface area (TPSA) is 41.1 Å². The zero-order valence-electron chi connectivity index (χ0n) is 7.40. The lowest BCUT2D eigenvalue weighted by Crippen LogP contribution is -2.26. The summed E-state index contributed by atoms with van der Waals surface area (Å²) < 4.78 is 14.7. The Morgan fingerprint density at radius 3 is 3.22 bits per heavy atom. The molecule has 0 saturated carbocycles. The van der Waals surface area contributed by atoms with Crippen molar-refractivity contribution in [2.75, 3.05) is 6.50 Å². The Bertz CT molecular complexity index is 172. The molecule has 1 atom stereocenters. The molecule has 0 aromatic heterocycles. The highest BCUT2D eigenvalue weighted by atomic mass is 16.2. The maximum Gasteiger partial charge on any atom is 0.315 e. The van der Waals surface area contributed by atoms with E-state index >= 15 is 0 Å². The quantitative estimate of drug-likeness (QED) is 0.560. The lowest BCUT2D eigenvalue weighted by atomic mass is 10.2. The summed E-state index contributed by atoms with van der Waals surface area (Å²) in [6.07, 6.45) is 1.54. The van der Waals surface area contributed by atoms with Crippen LogP contribution in [-0.2, 0) is 0 Å². The fourth-order valence-corrected chi connectivity index (χ4v) is 0.816. The molecule has 0 radical (unpaired) electrons. The van der Waals surface area contributed by atoms with E-state index in [0.717, 1.165) is 6.42 Å². The van der Waals surface area contributed by atoms with Crippen molar-refractivity contribution in [3.05, 3.63) is 0 Å². The van der Waals surface area contributed by atoms with Gasteiger partial charge in [-0.15, -0.1) is 0 Å². The van der Waals surface area contributed by atoms with E-state index in [4.69, 9.17) is 2.74 Å². The van der Waals surface area contributed by atoms with Crippen LogP contribution in [0.3, 0.4) is 0 Å². The van der Waals surface area contributed by atoms with Gasteiger partial charge in [0.05, 0.1) is 2.74 Å². The molecule has 0 aromatic carbocycles. The number of urea groups is 1. The van der Waals surface area contributed by atoms with Crippen molar-refractivity contribution in [2.24, 2.45) is 0 Å². The summed E-state index contributed by atoms with van der Waals surface area (Å²) in [5.41, 5.74) is 0. The lowest BCUT2D eigenvalue weighted by Gasteiger charge is -2.03. The first kappa shape index (κ1) is 4.14. The number of hydrogen-bond donors (Lipinski definition) is 2. The predicted octanol–water partition coefficient (Wildman–Crippen LogP) is 0.468. The molecule has 1 heterocycles. The third-order valence-corrected chi connectivity index (χ3v) is 1.24. The van der Waals surface area contributed by atoms with Gasteiger partial charge in [-0.05, 0) is 6.42 Å². The first-order chi connectivity index (χ1) is 5.06. The molecule has 1 aliphatic rings. The molecule has 52 valence electrons. The minimum Gasteiger partial charge on any atom is -0.336 e. The van der Waals surface area contributed by atoms with Gasteiger partial charge in [0.2, 0.25) is 0 Å². The van der Waals surface area contributed by atoms with Gasteiger partial charge in [-0.3, -0.25) is 0 Å². The number of rotatable bonds is 2. The summed E-state index contributed by atoms with van der Waals surface area (Å²) in [5, 5.41) is 4.73. The Balaban J connectivity index is 2.58. The number of hydrogen-bond acceptors (Lipinski definition) is 1. The van der Waals surface area contributed by atoms with E-state index in [2.05, 4.69) is 10.6 Å². The van der Waals surface area contributed by atoms with Crippen molar-refractivity contribution >= 4 is 6.03 Å². The van der Waals surface area contributed by atoms with E-state index in [9.17, 15) is 4.79 Å². The van der Waals surface area contributed by atoms with Gasteiger partial charge in [-0.1, -0.05) is 13.3 Å². The van der Waals surface area contributed by atoms with Gasteiger partial charge in [0.1, 0.15) is 0 Å².